The number of hydrogen-bond acceptors (Lipinski definition) is 6. The van der Waals surface area contributed by atoms with Crippen molar-refractivity contribution in [3.63, 3.8) is 0 Å². The number of aliphatic hydroxyl groups excluding tert-OH is 1. The highest BCUT2D eigenvalue weighted by Gasteiger charge is 2.28. The number of benzene rings is 2. The summed E-state index contributed by atoms with van der Waals surface area (Å²) in [6, 6.07) is 14.5. The zero-order valence-corrected chi connectivity index (χ0v) is 26.0. The van der Waals surface area contributed by atoms with Crippen LogP contribution in [-0.2, 0) is 36.9 Å². The van der Waals surface area contributed by atoms with E-state index in [2.05, 4.69) is 23.0 Å². The van der Waals surface area contributed by atoms with Crippen molar-refractivity contribution in [1.29, 1.82) is 0 Å². The predicted molar refractivity (Wildman–Crippen MR) is 172 cm³/mol. The van der Waals surface area contributed by atoms with Crippen molar-refractivity contribution in [1.82, 2.24) is 9.97 Å². The van der Waals surface area contributed by atoms with E-state index in [1.807, 2.05) is 36.8 Å². The number of carbonyl (C=O) groups is 1. The molecular weight excluding hydrogens is 556 g/mol. The lowest BCUT2D eigenvalue weighted by Crippen LogP contribution is -2.31. The first-order valence-electron chi connectivity index (χ1n) is 15.5. The van der Waals surface area contributed by atoms with Crippen LogP contribution in [-0.4, -0.2) is 51.4 Å². The quantitative estimate of drug-likeness (QED) is 0.0848. The number of aliphatic hydroxyl groups is 1. The Balaban J connectivity index is 1.54. The fourth-order valence-corrected chi connectivity index (χ4v) is 5.86. The van der Waals surface area contributed by atoms with Gasteiger partial charge in [0.05, 0.1) is 20.3 Å². The van der Waals surface area contributed by atoms with Crippen LogP contribution in [0.5, 0.6) is 23.0 Å². The predicted octanol–water partition coefficient (Wildman–Crippen LogP) is 6.33. The molecule has 0 amide bonds. The van der Waals surface area contributed by atoms with Crippen LogP contribution in [0.1, 0.15) is 60.6 Å². The molecule has 8 heteroatoms. The fraction of sp³-hybridized carbons (Fsp3) is 0.417. The highest BCUT2D eigenvalue weighted by molar-refractivity contribution is 5.82. The van der Waals surface area contributed by atoms with Gasteiger partial charge in [0.15, 0.2) is 23.0 Å². The van der Waals surface area contributed by atoms with Crippen LogP contribution in [0.3, 0.4) is 0 Å². The summed E-state index contributed by atoms with van der Waals surface area (Å²) in [6.07, 6.45) is 11.4. The van der Waals surface area contributed by atoms with E-state index in [9.17, 15) is 20.1 Å². The number of ether oxygens (including phenoxy) is 2. The normalized spacial score (nSPS) is 13.4. The zero-order chi connectivity index (χ0) is 31.5. The maximum absolute atomic E-state index is 14.0. The van der Waals surface area contributed by atoms with Crippen LogP contribution < -0.4 is 9.47 Å². The summed E-state index contributed by atoms with van der Waals surface area (Å²) in [5, 5.41) is 31.7. The van der Waals surface area contributed by atoms with Gasteiger partial charge in [0.25, 0.3) is 0 Å². The van der Waals surface area contributed by atoms with Crippen LogP contribution in [0.15, 0.2) is 67.1 Å². The number of nitrogens with one attached hydrogen (secondary N) is 2. The van der Waals surface area contributed by atoms with Crippen molar-refractivity contribution < 1.29 is 29.6 Å². The van der Waals surface area contributed by atoms with Gasteiger partial charge in [-0.1, -0.05) is 31.9 Å². The minimum absolute atomic E-state index is 0.0119. The fourth-order valence-electron chi connectivity index (χ4n) is 5.86. The molecule has 0 aliphatic heterocycles. The van der Waals surface area contributed by atoms with Crippen LogP contribution >= 0.6 is 0 Å². The summed E-state index contributed by atoms with van der Waals surface area (Å²) in [5.41, 5.74) is 5.06. The third-order valence-electron chi connectivity index (χ3n) is 8.37. The second-order valence-corrected chi connectivity index (χ2v) is 11.7. The van der Waals surface area contributed by atoms with Gasteiger partial charge in [0.2, 0.25) is 0 Å². The number of aryl methyl sites for hydroxylation is 1. The minimum atomic E-state index is -0.884. The zero-order valence-electron chi connectivity index (χ0n) is 26.0. The number of aromatic hydroxyl groups is 2. The smallest absolute Gasteiger partial charge is 0.160 e. The Morgan fingerprint density at radius 2 is 1.43 bits per heavy atom. The molecule has 2 aromatic carbocycles. The molecule has 236 valence electrons. The number of H-pyrrole nitrogens is 2. The maximum atomic E-state index is 14.0. The largest absolute Gasteiger partial charge is 0.504 e. The van der Waals surface area contributed by atoms with Crippen molar-refractivity contribution in [3.8, 4) is 23.0 Å². The van der Waals surface area contributed by atoms with E-state index in [1.165, 1.54) is 26.3 Å². The summed E-state index contributed by atoms with van der Waals surface area (Å²) < 4.78 is 10.6. The molecule has 0 spiro atoms. The molecular formula is C36H46N2O6. The number of methoxy groups -OCH3 is 2. The molecule has 0 aliphatic rings. The minimum Gasteiger partial charge on any atom is -0.504 e. The molecule has 4 rings (SSSR count). The van der Waals surface area contributed by atoms with E-state index >= 15 is 0 Å². The third kappa shape index (κ3) is 9.16. The molecule has 3 unspecified atom stereocenters. The summed E-state index contributed by atoms with van der Waals surface area (Å²) in [4.78, 5) is 20.4. The highest BCUT2D eigenvalue weighted by Crippen LogP contribution is 2.31. The Hall–Kier alpha value is -4.17. The molecule has 0 bridgehead atoms. The average molecular weight is 603 g/mol. The maximum Gasteiger partial charge on any atom is 0.160 e. The lowest BCUT2D eigenvalue weighted by atomic mass is 9.82. The number of phenols is 2. The van der Waals surface area contributed by atoms with E-state index in [1.54, 1.807) is 24.3 Å². The molecule has 0 radical (unpaired) electrons. The standard InChI is InChI=1S/C36H46N2O6/c1-4-5-6-7-30-18-27(23-38-30)17-29(15-25-9-11-32(40)36(20-25)44-3)34(42)21-33(41)28(16-26-12-13-37-22-26)14-24-8-10-31(39)35(19-24)43-2/h8-13,18-20,22-23,28-29,33,37-41H,4-7,14-17,21H2,1-3H3. The molecule has 2 heterocycles. The molecule has 44 heavy (non-hydrogen) atoms. The van der Waals surface area contributed by atoms with Gasteiger partial charge >= 0.3 is 0 Å². The molecule has 0 saturated carbocycles. The van der Waals surface area contributed by atoms with Gasteiger partial charge in [-0.3, -0.25) is 4.79 Å². The summed E-state index contributed by atoms with van der Waals surface area (Å²) >= 11 is 0. The van der Waals surface area contributed by atoms with E-state index in [0.29, 0.717) is 37.2 Å². The average Bonchev–Trinajstić information content (AvgIpc) is 3.70. The highest BCUT2D eigenvalue weighted by atomic mass is 16.5. The van der Waals surface area contributed by atoms with Crippen LogP contribution in [0.2, 0.25) is 0 Å². The Bertz CT molecular complexity index is 1460. The molecule has 0 fully saturated rings. The Morgan fingerprint density at radius 3 is 2.05 bits per heavy atom. The monoisotopic (exact) mass is 602 g/mol. The Labute approximate surface area is 260 Å². The van der Waals surface area contributed by atoms with Crippen molar-refractivity contribution in [2.75, 3.05) is 14.2 Å². The number of hydrogen-bond donors (Lipinski definition) is 5. The Morgan fingerprint density at radius 1 is 0.795 bits per heavy atom. The molecule has 5 N–H and O–H groups in total. The number of ketones is 1. The Kier molecular flexibility index (Phi) is 11.9. The summed E-state index contributed by atoms with van der Waals surface area (Å²) in [5.74, 6) is 0.218. The van der Waals surface area contributed by atoms with Gasteiger partial charge in [-0.05, 0) is 103 Å². The molecule has 0 saturated heterocycles. The van der Waals surface area contributed by atoms with Gasteiger partial charge in [-0.2, -0.15) is 0 Å². The van der Waals surface area contributed by atoms with Crippen LogP contribution in [0, 0.1) is 11.8 Å². The van der Waals surface area contributed by atoms with E-state index < -0.39 is 6.10 Å². The van der Waals surface area contributed by atoms with Gasteiger partial charge in [-0.25, -0.2) is 0 Å². The van der Waals surface area contributed by atoms with Crippen molar-refractivity contribution >= 4 is 5.78 Å². The number of aromatic nitrogens is 2. The van der Waals surface area contributed by atoms with Gasteiger partial charge in [0, 0.05) is 36.6 Å². The van der Waals surface area contributed by atoms with E-state index in [0.717, 1.165) is 41.5 Å². The number of aromatic amines is 2. The van der Waals surface area contributed by atoms with E-state index in [4.69, 9.17) is 9.47 Å². The van der Waals surface area contributed by atoms with Gasteiger partial charge in [0.1, 0.15) is 5.78 Å². The van der Waals surface area contributed by atoms with Gasteiger partial charge in [-0.15, -0.1) is 0 Å². The molecule has 2 aromatic heterocycles. The second kappa shape index (κ2) is 16.1. The van der Waals surface area contributed by atoms with Crippen molar-refractivity contribution in [3.05, 3.63) is 95.1 Å². The number of phenolic OH excluding ortho intramolecular Hbond substituents is 2. The number of carbonyl (C=O) groups excluding carboxylic acids is 1. The number of unbranched alkanes of at least 4 members (excludes halogenated alkanes) is 2. The second-order valence-electron chi connectivity index (χ2n) is 11.7. The lowest BCUT2D eigenvalue weighted by molar-refractivity contribution is -0.125. The molecule has 3 atom stereocenters. The number of Topliss-reactive ketones (excluding diaryl/α,β-unsaturated/α-hetero) is 1. The topological polar surface area (TPSA) is 128 Å². The molecule has 4 aromatic rings. The first kappa shape index (κ1) is 32.7. The van der Waals surface area contributed by atoms with Crippen molar-refractivity contribution in [2.45, 2.75) is 70.8 Å². The van der Waals surface area contributed by atoms with Crippen LogP contribution in [0.4, 0.5) is 0 Å². The van der Waals surface area contributed by atoms with Crippen LogP contribution in [0.25, 0.3) is 0 Å². The first-order valence-corrected chi connectivity index (χ1v) is 15.5. The molecule has 8 nitrogen and oxygen atoms in total. The first-order chi connectivity index (χ1) is 21.3. The SMILES string of the molecule is CCCCCc1cc(CC(Cc2ccc(O)c(OC)c2)C(=O)CC(O)C(Cc2cc[nH]c2)Cc2ccc(O)c(OC)c2)c[nH]1. The third-order valence-corrected chi connectivity index (χ3v) is 8.37. The summed E-state index contributed by atoms with van der Waals surface area (Å²) in [7, 11) is 3.01. The summed E-state index contributed by atoms with van der Waals surface area (Å²) in [6.45, 7) is 2.19. The van der Waals surface area contributed by atoms with Crippen molar-refractivity contribution in [2.24, 2.45) is 11.8 Å². The van der Waals surface area contributed by atoms with Gasteiger partial charge < -0.3 is 34.8 Å². The number of rotatable bonds is 18. The molecule has 0 aliphatic carbocycles. The van der Waals surface area contributed by atoms with E-state index in [-0.39, 0.29) is 35.5 Å². The lowest BCUT2D eigenvalue weighted by Gasteiger charge is -2.25.